The standard InChI is InChI=1S/C18H18N4O3S/c1-13(23)21-16-6-4-15(5-7-16)18-20-10-11-22(18)12-14-2-8-17(9-3-14)26(19,24)25/h2-11H,12H2,1H3,(H,21,23)(H2,19,24,25). The van der Waals surface area contributed by atoms with Crippen molar-refractivity contribution in [2.75, 3.05) is 5.32 Å². The zero-order chi connectivity index (χ0) is 18.7. The van der Waals surface area contributed by atoms with Gasteiger partial charge >= 0.3 is 0 Å². The first-order chi connectivity index (χ1) is 12.3. The zero-order valence-corrected chi connectivity index (χ0v) is 14.9. The van der Waals surface area contributed by atoms with Crippen molar-refractivity contribution in [3.63, 3.8) is 0 Å². The number of hydrogen-bond acceptors (Lipinski definition) is 4. The Bertz CT molecular complexity index is 1020. The summed E-state index contributed by atoms with van der Waals surface area (Å²) in [6.45, 7) is 2.00. The molecular weight excluding hydrogens is 352 g/mol. The molecule has 3 rings (SSSR count). The Morgan fingerprint density at radius 3 is 2.35 bits per heavy atom. The molecule has 0 unspecified atom stereocenters. The highest BCUT2D eigenvalue weighted by molar-refractivity contribution is 7.89. The maximum Gasteiger partial charge on any atom is 0.238 e. The van der Waals surface area contributed by atoms with Gasteiger partial charge in [-0.2, -0.15) is 0 Å². The van der Waals surface area contributed by atoms with Crippen molar-refractivity contribution in [2.24, 2.45) is 5.14 Å². The molecule has 0 radical (unpaired) electrons. The Kier molecular flexibility index (Phi) is 4.88. The number of primary sulfonamides is 1. The van der Waals surface area contributed by atoms with E-state index in [9.17, 15) is 13.2 Å². The second kappa shape index (κ2) is 7.11. The number of hydrogen-bond donors (Lipinski definition) is 2. The van der Waals surface area contributed by atoms with E-state index in [2.05, 4.69) is 10.3 Å². The lowest BCUT2D eigenvalue weighted by Crippen LogP contribution is -2.12. The summed E-state index contributed by atoms with van der Waals surface area (Å²) in [6.07, 6.45) is 3.56. The first kappa shape index (κ1) is 17.8. The summed E-state index contributed by atoms with van der Waals surface area (Å²) in [5.41, 5.74) is 2.55. The summed E-state index contributed by atoms with van der Waals surface area (Å²) >= 11 is 0. The molecule has 0 aliphatic rings. The molecule has 7 nitrogen and oxygen atoms in total. The van der Waals surface area contributed by atoms with E-state index in [1.54, 1.807) is 18.3 Å². The maximum atomic E-state index is 11.3. The number of benzene rings is 2. The molecule has 0 fully saturated rings. The molecule has 3 N–H and O–H groups in total. The van der Waals surface area contributed by atoms with Gasteiger partial charge in [-0.25, -0.2) is 18.5 Å². The molecule has 0 saturated heterocycles. The number of carbonyl (C=O) groups excluding carboxylic acids is 1. The monoisotopic (exact) mass is 370 g/mol. The molecule has 0 bridgehead atoms. The van der Waals surface area contributed by atoms with Crippen LogP contribution in [0.2, 0.25) is 0 Å². The van der Waals surface area contributed by atoms with Crippen LogP contribution >= 0.6 is 0 Å². The van der Waals surface area contributed by atoms with Crippen molar-refractivity contribution in [2.45, 2.75) is 18.4 Å². The topological polar surface area (TPSA) is 107 Å². The molecule has 0 atom stereocenters. The quantitative estimate of drug-likeness (QED) is 0.718. The van der Waals surface area contributed by atoms with Gasteiger partial charge in [0, 0.05) is 37.1 Å². The second-order valence-corrected chi connectivity index (χ2v) is 7.39. The first-order valence-corrected chi connectivity index (χ1v) is 9.38. The molecule has 2 aromatic carbocycles. The zero-order valence-electron chi connectivity index (χ0n) is 14.1. The van der Waals surface area contributed by atoms with Gasteiger partial charge in [-0.05, 0) is 42.0 Å². The summed E-state index contributed by atoms with van der Waals surface area (Å²) in [5.74, 6) is 0.650. The van der Waals surface area contributed by atoms with E-state index in [-0.39, 0.29) is 10.8 Å². The number of nitrogens with one attached hydrogen (secondary N) is 1. The van der Waals surface area contributed by atoms with E-state index in [1.807, 2.05) is 35.0 Å². The molecule has 134 valence electrons. The minimum absolute atomic E-state index is 0.0839. The van der Waals surface area contributed by atoms with Gasteiger partial charge in [0.05, 0.1) is 4.90 Å². The highest BCUT2D eigenvalue weighted by atomic mass is 32.2. The minimum atomic E-state index is -3.69. The maximum absolute atomic E-state index is 11.3. The van der Waals surface area contributed by atoms with Crippen LogP contribution in [0.4, 0.5) is 5.69 Å². The summed E-state index contributed by atoms with van der Waals surface area (Å²) in [6, 6.07) is 13.8. The number of imidazole rings is 1. The molecule has 1 amide bonds. The molecule has 1 aromatic heterocycles. The van der Waals surface area contributed by atoms with Crippen LogP contribution in [-0.2, 0) is 21.4 Å². The van der Waals surface area contributed by atoms with E-state index in [1.165, 1.54) is 19.1 Å². The number of nitrogens with zero attached hydrogens (tertiary/aromatic N) is 2. The van der Waals surface area contributed by atoms with E-state index in [0.717, 1.165) is 22.6 Å². The van der Waals surface area contributed by atoms with Crippen molar-refractivity contribution in [3.05, 3.63) is 66.5 Å². The van der Waals surface area contributed by atoms with Crippen molar-refractivity contribution in [1.29, 1.82) is 0 Å². The summed E-state index contributed by atoms with van der Waals surface area (Å²) in [4.78, 5) is 15.6. The number of carbonyl (C=O) groups is 1. The lowest BCUT2D eigenvalue weighted by molar-refractivity contribution is -0.114. The predicted molar refractivity (Wildman–Crippen MR) is 98.9 cm³/mol. The fraction of sp³-hybridized carbons (Fsp3) is 0.111. The highest BCUT2D eigenvalue weighted by Gasteiger charge is 2.09. The third-order valence-electron chi connectivity index (χ3n) is 3.78. The van der Waals surface area contributed by atoms with Gasteiger partial charge in [0.25, 0.3) is 0 Å². The van der Waals surface area contributed by atoms with Gasteiger partial charge in [-0.3, -0.25) is 4.79 Å². The number of nitrogens with two attached hydrogens (primary N) is 1. The smallest absolute Gasteiger partial charge is 0.238 e. The number of anilines is 1. The minimum Gasteiger partial charge on any atom is -0.327 e. The van der Waals surface area contributed by atoms with E-state index in [0.29, 0.717) is 6.54 Å². The fourth-order valence-corrected chi connectivity index (χ4v) is 3.10. The molecule has 0 saturated carbocycles. The highest BCUT2D eigenvalue weighted by Crippen LogP contribution is 2.21. The van der Waals surface area contributed by atoms with Crippen molar-refractivity contribution in [1.82, 2.24) is 9.55 Å². The third kappa shape index (κ3) is 4.16. The third-order valence-corrected chi connectivity index (χ3v) is 4.71. The van der Waals surface area contributed by atoms with Gasteiger partial charge < -0.3 is 9.88 Å². The molecule has 3 aromatic rings. The van der Waals surface area contributed by atoms with Crippen molar-refractivity contribution >= 4 is 21.6 Å². The Morgan fingerprint density at radius 2 is 1.77 bits per heavy atom. The Hall–Kier alpha value is -2.97. The lowest BCUT2D eigenvalue weighted by atomic mass is 10.1. The lowest BCUT2D eigenvalue weighted by Gasteiger charge is -2.09. The number of amides is 1. The van der Waals surface area contributed by atoms with Crippen molar-refractivity contribution in [3.8, 4) is 11.4 Å². The van der Waals surface area contributed by atoms with Crippen LogP contribution in [-0.4, -0.2) is 23.9 Å². The largest absolute Gasteiger partial charge is 0.327 e. The molecule has 0 aliphatic heterocycles. The van der Waals surface area contributed by atoms with Gasteiger partial charge in [-0.1, -0.05) is 12.1 Å². The summed E-state index contributed by atoms with van der Waals surface area (Å²) in [5, 5.41) is 7.84. The van der Waals surface area contributed by atoms with Gasteiger partial charge in [0.2, 0.25) is 15.9 Å². The van der Waals surface area contributed by atoms with Crippen LogP contribution < -0.4 is 10.5 Å². The van der Waals surface area contributed by atoms with Crippen LogP contribution in [0, 0.1) is 0 Å². The van der Waals surface area contributed by atoms with Gasteiger partial charge in [0.15, 0.2) is 0 Å². The van der Waals surface area contributed by atoms with Crippen LogP contribution in [0.3, 0.4) is 0 Å². The average molecular weight is 370 g/mol. The molecular formula is C18H18N4O3S. The molecule has 26 heavy (non-hydrogen) atoms. The van der Waals surface area contributed by atoms with Gasteiger partial charge in [0.1, 0.15) is 5.82 Å². The number of aromatic nitrogens is 2. The van der Waals surface area contributed by atoms with E-state index in [4.69, 9.17) is 5.14 Å². The van der Waals surface area contributed by atoms with Crippen LogP contribution in [0.25, 0.3) is 11.4 Å². The second-order valence-electron chi connectivity index (χ2n) is 5.83. The molecule has 8 heteroatoms. The molecule has 0 spiro atoms. The summed E-state index contributed by atoms with van der Waals surface area (Å²) < 4.78 is 24.6. The molecule has 1 heterocycles. The normalized spacial score (nSPS) is 11.3. The van der Waals surface area contributed by atoms with Gasteiger partial charge in [-0.15, -0.1) is 0 Å². The average Bonchev–Trinajstić information content (AvgIpc) is 3.03. The Balaban J connectivity index is 1.81. The Labute approximate surface area is 151 Å². The van der Waals surface area contributed by atoms with Crippen LogP contribution in [0.1, 0.15) is 12.5 Å². The number of sulfonamides is 1. The number of rotatable bonds is 5. The first-order valence-electron chi connectivity index (χ1n) is 7.84. The Morgan fingerprint density at radius 1 is 1.12 bits per heavy atom. The van der Waals surface area contributed by atoms with E-state index >= 15 is 0 Å². The van der Waals surface area contributed by atoms with Crippen LogP contribution in [0.5, 0.6) is 0 Å². The van der Waals surface area contributed by atoms with Crippen molar-refractivity contribution < 1.29 is 13.2 Å². The summed E-state index contributed by atoms with van der Waals surface area (Å²) in [7, 11) is -3.69. The molecule has 0 aliphatic carbocycles. The van der Waals surface area contributed by atoms with Crippen LogP contribution in [0.15, 0.2) is 65.8 Å². The van der Waals surface area contributed by atoms with E-state index < -0.39 is 10.0 Å². The SMILES string of the molecule is CC(=O)Nc1ccc(-c2nccn2Cc2ccc(S(N)(=O)=O)cc2)cc1. The predicted octanol–water partition coefficient (Wildman–Crippen LogP) is 2.20. The fourth-order valence-electron chi connectivity index (χ4n) is 2.58.